The van der Waals surface area contributed by atoms with Crippen LogP contribution in [0.15, 0.2) is 11.6 Å². The molecule has 0 aliphatic heterocycles. The lowest BCUT2D eigenvalue weighted by molar-refractivity contribution is -0.160. The maximum Gasteiger partial charge on any atom is 0.306 e. The SMILES string of the molecule is [2H]C1([2H])C[C@H]2[C@@H]3CCC4=CC(=O)CC[C@]4(C)[C@H]3CC[C@]2(C)[C@@]1([2H])OC(=O)CCCCC. The summed E-state index contributed by atoms with van der Waals surface area (Å²) in [7, 11) is 0. The monoisotopic (exact) mass is 389 g/mol. The summed E-state index contributed by atoms with van der Waals surface area (Å²) in [6.07, 6.45) is 6.32. The number of rotatable bonds is 5. The number of hydrogen-bond acceptors (Lipinski definition) is 3. The van der Waals surface area contributed by atoms with Crippen molar-refractivity contribution in [2.75, 3.05) is 0 Å². The zero-order valence-corrected chi connectivity index (χ0v) is 17.8. The van der Waals surface area contributed by atoms with Crippen LogP contribution in [0.3, 0.4) is 0 Å². The van der Waals surface area contributed by atoms with E-state index in [0.29, 0.717) is 24.7 Å². The molecule has 3 heteroatoms. The molecule has 0 aromatic rings. The molecule has 4 rings (SSSR count). The van der Waals surface area contributed by atoms with E-state index in [1.807, 2.05) is 13.0 Å². The predicted octanol–water partition coefficient (Wildman–Crippen LogP) is 6.01. The summed E-state index contributed by atoms with van der Waals surface area (Å²) in [5.74, 6) is 0.567. The maximum absolute atomic E-state index is 12.6. The van der Waals surface area contributed by atoms with Gasteiger partial charge in [-0.3, -0.25) is 9.59 Å². The third kappa shape index (κ3) is 3.27. The van der Waals surface area contributed by atoms with Crippen molar-refractivity contribution in [3.8, 4) is 0 Å². The van der Waals surface area contributed by atoms with Crippen molar-refractivity contribution < 1.29 is 18.4 Å². The Morgan fingerprint density at radius 1 is 1.21 bits per heavy atom. The van der Waals surface area contributed by atoms with Crippen molar-refractivity contribution >= 4 is 11.8 Å². The Kier molecular flexibility index (Phi) is 4.53. The number of unbranched alkanes of at least 4 members (excludes halogenated alkanes) is 2. The number of ether oxygens (including phenoxy) is 1. The third-order valence-electron chi connectivity index (χ3n) is 8.55. The van der Waals surface area contributed by atoms with Gasteiger partial charge in [-0.25, -0.2) is 0 Å². The number of ketones is 1. The van der Waals surface area contributed by atoms with Crippen LogP contribution in [-0.2, 0) is 14.3 Å². The van der Waals surface area contributed by atoms with Gasteiger partial charge in [-0.1, -0.05) is 39.2 Å². The van der Waals surface area contributed by atoms with Crippen molar-refractivity contribution in [1.29, 1.82) is 0 Å². The number of hydrogen-bond donors (Lipinski definition) is 0. The van der Waals surface area contributed by atoms with Crippen molar-refractivity contribution in [3.63, 3.8) is 0 Å². The number of esters is 1. The van der Waals surface area contributed by atoms with E-state index in [4.69, 9.17) is 7.48 Å². The highest BCUT2D eigenvalue weighted by Crippen LogP contribution is 2.65. The molecule has 0 saturated heterocycles. The second-order valence-electron chi connectivity index (χ2n) is 10.1. The fourth-order valence-electron chi connectivity index (χ4n) is 6.78. The molecule has 4 aliphatic carbocycles. The summed E-state index contributed by atoms with van der Waals surface area (Å²) in [6, 6.07) is 0. The second-order valence-corrected chi connectivity index (χ2v) is 10.1. The molecule has 0 bridgehead atoms. The van der Waals surface area contributed by atoms with Gasteiger partial charge in [-0.2, -0.15) is 0 Å². The maximum atomic E-state index is 12.6. The molecule has 3 fully saturated rings. The van der Waals surface area contributed by atoms with E-state index in [-0.39, 0.29) is 30.0 Å². The minimum absolute atomic E-state index is 0.00891. The normalized spacial score (nSPS) is 48.2. The van der Waals surface area contributed by atoms with E-state index in [0.717, 1.165) is 44.9 Å². The van der Waals surface area contributed by atoms with Crippen LogP contribution in [0.2, 0.25) is 0 Å². The number of allylic oxidation sites excluding steroid dienone is 1. The summed E-state index contributed by atoms with van der Waals surface area (Å²) >= 11 is 0. The van der Waals surface area contributed by atoms with Crippen molar-refractivity contribution in [2.45, 2.75) is 104 Å². The Labute approximate surface area is 174 Å². The van der Waals surface area contributed by atoms with Crippen LogP contribution in [0.25, 0.3) is 0 Å². The van der Waals surface area contributed by atoms with E-state index < -0.39 is 23.8 Å². The number of carbonyl (C=O) groups excluding carboxylic acids is 2. The molecule has 3 saturated carbocycles. The first-order chi connectivity index (χ1) is 14.5. The molecule has 0 spiro atoms. The van der Waals surface area contributed by atoms with Crippen molar-refractivity contribution in [3.05, 3.63) is 11.6 Å². The van der Waals surface area contributed by atoms with Gasteiger partial charge in [0.05, 0.1) is 1.37 Å². The molecule has 0 radical (unpaired) electrons. The van der Waals surface area contributed by atoms with E-state index in [1.54, 1.807) is 0 Å². The Bertz CT molecular complexity index is 793. The molecule has 156 valence electrons. The minimum Gasteiger partial charge on any atom is -0.462 e. The van der Waals surface area contributed by atoms with Gasteiger partial charge in [0.25, 0.3) is 0 Å². The first-order valence-corrected chi connectivity index (χ1v) is 11.4. The van der Waals surface area contributed by atoms with Gasteiger partial charge in [0.1, 0.15) is 6.08 Å². The molecule has 28 heavy (non-hydrogen) atoms. The average Bonchev–Trinajstić information content (AvgIpc) is 2.85. The second kappa shape index (κ2) is 7.61. The lowest BCUT2D eigenvalue weighted by Crippen LogP contribution is -2.51. The van der Waals surface area contributed by atoms with Gasteiger partial charge in [0.2, 0.25) is 0 Å². The van der Waals surface area contributed by atoms with Crippen molar-refractivity contribution in [2.24, 2.45) is 28.6 Å². The first-order valence-electron chi connectivity index (χ1n) is 12.9. The zero-order valence-electron chi connectivity index (χ0n) is 20.8. The summed E-state index contributed by atoms with van der Waals surface area (Å²) in [5.41, 5.74) is 0.615. The highest BCUT2D eigenvalue weighted by molar-refractivity contribution is 5.91. The smallest absolute Gasteiger partial charge is 0.306 e. The molecule has 6 atom stereocenters. The highest BCUT2D eigenvalue weighted by Gasteiger charge is 2.59. The van der Waals surface area contributed by atoms with Gasteiger partial charge in [-0.15, -0.1) is 0 Å². The van der Waals surface area contributed by atoms with E-state index in [9.17, 15) is 11.0 Å². The van der Waals surface area contributed by atoms with Gasteiger partial charge in [0.15, 0.2) is 5.78 Å². The van der Waals surface area contributed by atoms with Crippen LogP contribution in [0.4, 0.5) is 0 Å². The molecule has 4 aliphatic rings. The fourth-order valence-corrected chi connectivity index (χ4v) is 6.78. The molecular weight excluding hydrogens is 348 g/mol. The highest BCUT2D eigenvalue weighted by atomic mass is 16.5. The molecule has 0 amide bonds. The molecular formula is C25H38O3. The Balaban J connectivity index is 1.61. The minimum atomic E-state index is -1.86. The molecule has 0 N–H and O–H groups in total. The van der Waals surface area contributed by atoms with Crippen LogP contribution in [0.5, 0.6) is 0 Å². The Morgan fingerprint density at radius 3 is 2.82 bits per heavy atom. The Hall–Kier alpha value is -1.12. The molecule has 0 aromatic carbocycles. The van der Waals surface area contributed by atoms with E-state index >= 15 is 0 Å². The summed E-state index contributed by atoms with van der Waals surface area (Å²) in [5, 5.41) is 0. The van der Waals surface area contributed by atoms with Crippen LogP contribution in [0.1, 0.15) is 102 Å². The lowest BCUT2D eigenvalue weighted by Gasteiger charge is -2.57. The third-order valence-corrected chi connectivity index (χ3v) is 8.55. The van der Waals surface area contributed by atoms with E-state index in [2.05, 4.69) is 13.8 Å². The number of fused-ring (bicyclic) bond motifs is 5. The summed E-state index contributed by atoms with van der Waals surface area (Å²) in [4.78, 5) is 24.6. The first kappa shape index (κ1) is 16.7. The van der Waals surface area contributed by atoms with Crippen LogP contribution >= 0.6 is 0 Å². The van der Waals surface area contributed by atoms with Gasteiger partial charge < -0.3 is 4.74 Å². The van der Waals surface area contributed by atoms with Gasteiger partial charge in [-0.05, 0) is 80.6 Å². The Morgan fingerprint density at radius 2 is 2.04 bits per heavy atom. The van der Waals surface area contributed by atoms with Crippen LogP contribution in [-0.4, -0.2) is 17.8 Å². The lowest BCUT2D eigenvalue weighted by atomic mass is 9.47. The molecule has 0 heterocycles. The van der Waals surface area contributed by atoms with Crippen molar-refractivity contribution in [1.82, 2.24) is 0 Å². The fraction of sp³-hybridized carbons (Fsp3) is 0.840. The summed E-state index contributed by atoms with van der Waals surface area (Å²) in [6.45, 7) is 6.38. The van der Waals surface area contributed by atoms with Crippen LogP contribution in [0, 0.1) is 28.6 Å². The van der Waals surface area contributed by atoms with E-state index in [1.165, 1.54) is 5.57 Å². The summed E-state index contributed by atoms with van der Waals surface area (Å²) < 4.78 is 32.5. The zero-order chi connectivity index (χ0) is 22.7. The van der Waals surface area contributed by atoms with Crippen LogP contribution < -0.4 is 0 Å². The quantitative estimate of drug-likeness (QED) is 0.427. The predicted molar refractivity (Wildman–Crippen MR) is 111 cm³/mol. The molecule has 0 unspecified atom stereocenters. The standard InChI is InChI=1S/C25H38O3/c1-4-5-6-7-23(27)28-22-11-10-20-19-9-8-17-16-18(26)12-14-24(17,2)21(19)13-15-25(20,22)3/h16,19-22H,4-15H2,1-3H3/t19-,20-,21-,22-,24-,25-/m0/s1/i11D2,22D. The van der Waals surface area contributed by atoms with Gasteiger partial charge >= 0.3 is 5.97 Å². The largest absolute Gasteiger partial charge is 0.462 e. The topological polar surface area (TPSA) is 43.4 Å². The number of carbonyl (C=O) groups is 2. The van der Waals surface area contributed by atoms with Gasteiger partial charge in [0, 0.05) is 21.0 Å². The average molecular weight is 390 g/mol. The molecule has 3 nitrogen and oxygen atoms in total. The molecule has 0 aromatic heterocycles.